The molecule has 0 N–H and O–H groups in total. The van der Waals surface area contributed by atoms with Crippen molar-refractivity contribution in [1.82, 2.24) is 19.7 Å². The molecule has 1 aromatic carbocycles. The third-order valence-electron chi connectivity index (χ3n) is 4.03. The second-order valence-electron chi connectivity index (χ2n) is 6.08. The fourth-order valence-corrected chi connectivity index (χ4v) is 4.29. The first-order chi connectivity index (χ1) is 12.6. The predicted octanol–water partition coefficient (Wildman–Crippen LogP) is 3.72. The number of benzene rings is 1. The summed E-state index contributed by atoms with van der Waals surface area (Å²) in [5, 5.41) is 10.9. The molecule has 0 bridgehead atoms. The van der Waals surface area contributed by atoms with Crippen LogP contribution in [-0.4, -0.2) is 37.9 Å². The maximum Gasteiger partial charge on any atom is 0.235 e. The summed E-state index contributed by atoms with van der Waals surface area (Å²) >= 11 is 3.22. The Morgan fingerprint density at radius 1 is 1.27 bits per heavy atom. The van der Waals surface area contributed by atoms with Crippen LogP contribution in [0, 0.1) is 0 Å². The summed E-state index contributed by atoms with van der Waals surface area (Å²) in [5.74, 6) is 0.0895. The first kappa shape index (κ1) is 18.7. The van der Waals surface area contributed by atoms with Crippen molar-refractivity contribution in [2.75, 3.05) is 7.05 Å². The third-order valence-corrected chi connectivity index (χ3v) is 6.05. The molecule has 0 spiro atoms. The van der Waals surface area contributed by atoms with Gasteiger partial charge in [-0.15, -0.1) is 21.5 Å². The van der Waals surface area contributed by atoms with E-state index in [9.17, 15) is 4.79 Å². The fourth-order valence-electron chi connectivity index (χ4n) is 2.63. The zero-order valence-corrected chi connectivity index (χ0v) is 16.5. The van der Waals surface area contributed by atoms with Gasteiger partial charge in [0.2, 0.25) is 5.91 Å². The highest BCUT2D eigenvalue weighted by Gasteiger charge is 2.21. The van der Waals surface area contributed by atoms with Gasteiger partial charge in [-0.25, -0.2) is 0 Å². The van der Waals surface area contributed by atoms with Crippen LogP contribution >= 0.6 is 23.1 Å². The molecule has 1 atom stereocenters. The first-order valence-corrected chi connectivity index (χ1v) is 10.2. The molecule has 136 valence electrons. The molecule has 0 saturated carbocycles. The molecule has 5 nitrogen and oxygen atoms in total. The molecule has 0 aliphatic heterocycles. The van der Waals surface area contributed by atoms with Gasteiger partial charge in [0.1, 0.15) is 6.33 Å². The molecule has 0 fully saturated rings. The highest BCUT2D eigenvalue weighted by Crippen LogP contribution is 2.23. The predicted molar refractivity (Wildman–Crippen MR) is 106 cm³/mol. The molecule has 0 radical (unpaired) electrons. The van der Waals surface area contributed by atoms with Crippen molar-refractivity contribution in [3.63, 3.8) is 0 Å². The van der Waals surface area contributed by atoms with Crippen molar-refractivity contribution in [1.29, 1.82) is 0 Å². The molecule has 3 rings (SSSR count). The smallest absolute Gasteiger partial charge is 0.235 e. The summed E-state index contributed by atoms with van der Waals surface area (Å²) in [6.45, 7) is 3.35. The summed E-state index contributed by atoms with van der Waals surface area (Å²) in [6, 6.07) is 14.2. The Labute approximate surface area is 162 Å². The van der Waals surface area contributed by atoms with Crippen molar-refractivity contribution in [3.05, 3.63) is 64.6 Å². The van der Waals surface area contributed by atoms with E-state index < -0.39 is 0 Å². The Hall–Kier alpha value is -2.12. The first-order valence-electron chi connectivity index (χ1n) is 8.49. The second kappa shape index (κ2) is 9.00. The Bertz CT molecular complexity index is 817. The Morgan fingerprint density at radius 2 is 2.08 bits per heavy atom. The van der Waals surface area contributed by atoms with Gasteiger partial charge in [-0.2, -0.15) is 0 Å². The van der Waals surface area contributed by atoms with Crippen LogP contribution in [0.25, 0.3) is 0 Å². The van der Waals surface area contributed by atoms with Crippen LogP contribution in [0.4, 0.5) is 0 Å². The number of nitrogens with zero attached hydrogens (tertiary/aromatic N) is 4. The van der Waals surface area contributed by atoms with Crippen LogP contribution in [0.3, 0.4) is 0 Å². The Morgan fingerprint density at radius 3 is 2.81 bits per heavy atom. The lowest BCUT2D eigenvalue weighted by atomic mass is 10.2. The van der Waals surface area contributed by atoms with E-state index in [2.05, 4.69) is 27.7 Å². The minimum atomic E-state index is -0.214. The third kappa shape index (κ3) is 4.95. The maximum absolute atomic E-state index is 12.7. The molecular formula is C19H22N4OS2. The monoisotopic (exact) mass is 386 g/mol. The summed E-state index contributed by atoms with van der Waals surface area (Å²) in [5.41, 5.74) is 1.12. The number of rotatable bonds is 8. The molecule has 2 heterocycles. The lowest BCUT2D eigenvalue weighted by molar-refractivity contribution is -0.129. The number of thioether (sulfide) groups is 1. The molecule has 26 heavy (non-hydrogen) atoms. The number of aromatic nitrogens is 3. The van der Waals surface area contributed by atoms with Gasteiger partial charge in [-0.3, -0.25) is 4.79 Å². The summed E-state index contributed by atoms with van der Waals surface area (Å²) in [6.07, 6.45) is 2.68. The molecule has 0 aliphatic rings. The van der Waals surface area contributed by atoms with Gasteiger partial charge >= 0.3 is 0 Å². The zero-order valence-electron chi connectivity index (χ0n) is 14.9. The molecule has 2 aromatic heterocycles. The molecule has 0 saturated heterocycles. The van der Waals surface area contributed by atoms with E-state index in [1.54, 1.807) is 22.6 Å². The van der Waals surface area contributed by atoms with E-state index in [1.807, 2.05) is 48.9 Å². The number of carbonyl (C=O) groups excluding carboxylic acids is 1. The maximum atomic E-state index is 12.7. The van der Waals surface area contributed by atoms with E-state index in [1.165, 1.54) is 16.6 Å². The van der Waals surface area contributed by atoms with Gasteiger partial charge in [-0.1, -0.05) is 48.2 Å². The fraction of sp³-hybridized carbons (Fsp3) is 0.316. The quantitative estimate of drug-likeness (QED) is 0.554. The van der Waals surface area contributed by atoms with Gasteiger partial charge in [-0.05, 0) is 30.4 Å². The molecule has 1 amide bonds. The van der Waals surface area contributed by atoms with E-state index in [-0.39, 0.29) is 11.2 Å². The van der Waals surface area contributed by atoms with Gasteiger partial charge in [0.25, 0.3) is 0 Å². The van der Waals surface area contributed by atoms with Crippen LogP contribution in [0.5, 0.6) is 0 Å². The average Bonchev–Trinajstić information content (AvgIpc) is 3.31. The minimum absolute atomic E-state index is 0.0895. The normalized spacial score (nSPS) is 12.1. The molecule has 7 heteroatoms. The lowest BCUT2D eigenvalue weighted by Gasteiger charge is -2.21. The summed E-state index contributed by atoms with van der Waals surface area (Å²) in [4.78, 5) is 15.8. The van der Waals surface area contributed by atoms with Crippen molar-refractivity contribution >= 4 is 29.0 Å². The van der Waals surface area contributed by atoms with Crippen molar-refractivity contribution in [2.45, 2.75) is 36.8 Å². The number of hydrogen-bond acceptors (Lipinski definition) is 5. The van der Waals surface area contributed by atoms with Crippen LogP contribution < -0.4 is 0 Å². The highest BCUT2D eigenvalue weighted by atomic mass is 32.2. The van der Waals surface area contributed by atoms with Crippen LogP contribution in [0.15, 0.2) is 59.3 Å². The number of carbonyl (C=O) groups is 1. The second-order valence-corrected chi connectivity index (χ2v) is 8.42. The van der Waals surface area contributed by atoms with Crippen LogP contribution in [-0.2, 0) is 24.3 Å². The molecular weight excluding hydrogens is 364 g/mol. The number of amides is 1. The molecule has 0 aliphatic carbocycles. The van der Waals surface area contributed by atoms with Gasteiger partial charge in [0, 0.05) is 25.0 Å². The van der Waals surface area contributed by atoms with Crippen LogP contribution in [0.1, 0.15) is 17.4 Å². The van der Waals surface area contributed by atoms with Gasteiger partial charge in [0.15, 0.2) is 5.16 Å². The summed E-state index contributed by atoms with van der Waals surface area (Å²) < 4.78 is 2.02. The lowest BCUT2D eigenvalue weighted by Crippen LogP contribution is -2.33. The minimum Gasteiger partial charge on any atom is -0.340 e. The van der Waals surface area contributed by atoms with E-state index in [4.69, 9.17) is 0 Å². The van der Waals surface area contributed by atoms with Crippen LogP contribution in [0.2, 0.25) is 0 Å². The average molecular weight is 387 g/mol. The van der Waals surface area contributed by atoms with Gasteiger partial charge < -0.3 is 9.47 Å². The van der Waals surface area contributed by atoms with E-state index in [0.29, 0.717) is 6.54 Å². The SMILES string of the molecule is CC(Sc1nncn1CCc1cccs1)C(=O)N(C)Cc1ccccc1. The zero-order chi connectivity index (χ0) is 18.4. The Kier molecular flexibility index (Phi) is 6.46. The largest absolute Gasteiger partial charge is 0.340 e. The highest BCUT2D eigenvalue weighted by molar-refractivity contribution is 8.00. The standard InChI is InChI=1S/C19H22N4OS2/c1-15(18(24)22(2)13-16-7-4-3-5-8-16)26-19-21-20-14-23(19)11-10-17-9-6-12-25-17/h3-9,12,14-15H,10-11,13H2,1-2H3. The number of thiophene rings is 1. The number of aryl methyl sites for hydroxylation is 2. The van der Waals surface area contributed by atoms with Crippen molar-refractivity contribution in [2.24, 2.45) is 0 Å². The van der Waals surface area contributed by atoms with Crippen molar-refractivity contribution in [3.8, 4) is 0 Å². The van der Waals surface area contributed by atoms with Crippen molar-refractivity contribution < 1.29 is 4.79 Å². The molecule has 1 unspecified atom stereocenters. The number of hydrogen-bond donors (Lipinski definition) is 0. The van der Waals surface area contributed by atoms with Gasteiger partial charge in [0.05, 0.1) is 5.25 Å². The van der Waals surface area contributed by atoms with E-state index >= 15 is 0 Å². The Balaban J connectivity index is 1.56. The summed E-state index contributed by atoms with van der Waals surface area (Å²) in [7, 11) is 1.84. The van der Waals surface area contributed by atoms with E-state index in [0.717, 1.165) is 23.7 Å². The molecule has 3 aromatic rings. The topological polar surface area (TPSA) is 51.0 Å².